The second kappa shape index (κ2) is 7.09. The number of rotatable bonds is 5. The van der Waals surface area contributed by atoms with E-state index < -0.39 is 0 Å². The molecule has 0 aromatic carbocycles. The van der Waals surface area contributed by atoms with Crippen LogP contribution in [0.2, 0.25) is 0 Å². The lowest BCUT2D eigenvalue weighted by Gasteiger charge is -2.26. The number of likely N-dealkylation sites (tertiary alicyclic amines) is 1. The van der Waals surface area contributed by atoms with Crippen LogP contribution in [-0.2, 0) is 11.4 Å². The van der Waals surface area contributed by atoms with Crippen LogP contribution in [0.1, 0.15) is 31.4 Å². The predicted molar refractivity (Wildman–Crippen MR) is 73.5 cm³/mol. The van der Waals surface area contributed by atoms with E-state index >= 15 is 0 Å². The highest BCUT2D eigenvalue weighted by molar-refractivity contribution is 5.76. The fourth-order valence-corrected chi connectivity index (χ4v) is 2.25. The van der Waals surface area contributed by atoms with E-state index in [9.17, 15) is 9.59 Å². The van der Waals surface area contributed by atoms with Gasteiger partial charge in [-0.1, -0.05) is 0 Å². The normalized spacial score (nSPS) is 15.2. The van der Waals surface area contributed by atoms with Gasteiger partial charge in [-0.15, -0.1) is 0 Å². The van der Waals surface area contributed by atoms with Crippen molar-refractivity contribution in [2.75, 3.05) is 19.7 Å². The van der Waals surface area contributed by atoms with Crippen LogP contribution >= 0.6 is 0 Å². The summed E-state index contributed by atoms with van der Waals surface area (Å²) in [7, 11) is 0. The lowest BCUT2D eigenvalue weighted by atomic mass is 10.1. The Morgan fingerprint density at radius 1 is 1.35 bits per heavy atom. The summed E-state index contributed by atoms with van der Waals surface area (Å²) < 4.78 is 5.32. The molecule has 0 spiro atoms. The molecule has 0 unspecified atom stereocenters. The highest BCUT2D eigenvalue weighted by atomic mass is 16.5. The second-order valence-corrected chi connectivity index (χ2v) is 4.88. The number of nitrogens with one attached hydrogen (secondary N) is 1. The summed E-state index contributed by atoms with van der Waals surface area (Å²) in [5, 5.41) is 8.88. The van der Waals surface area contributed by atoms with Gasteiger partial charge >= 0.3 is 0 Å². The number of amides is 1. The van der Waals surface area contributed by atoms with Gasteiger partial charge in [0.1, 0.15) is 0 Å². The van der Waals surface area contributed by atoms with Gasteiger partial charge in [0.05, 0.1) is 19.6 Å². The minimum absolute atomic E-state index is 0.0770. The molecule has 6 nitrogen and oxygen atoms in total. The van der Waals surface area contributed by atoms with Gasteiger partial charge in [0.15, 0.2) is 5.75 Å². The molecule has 1 aromatic rings. The maximum Gasteiger partial charge on any atom is 0.225 e. The molecule has 0 aliphatic carbocycles. The van der Waals surface area contributed by atoms with Crippen LogP contribution in [0.4, 0.5) is 0 Å². The molecule has 20 heavy (non-hydrogen) atoms. The van der Waals surface area contributed by atoms with E-state index in [0.29, 0.717) is 5.69 Å². The molecule has 0 radical (unpaired) electrons. The smallest absolute Gasteiger partial charge is 0.225 e. The van der Waals surface area contributed by atoms with Crippen LogP contribution < -0.4 is 10.2 Å². The van der Waals surface area contributed by atoms with Crippen molar-refractivity contribution in [1.29, 1.82) is 0 Å². The molecular weight excluding hydrogens is 260 g/mol. The van der Waals surface area contributed by atoms with Crippen molar-refractivity contribution in [2.45, 2.75) is 32.3 Å². The number of nitrogens with zero attached hydrogens (tertiary/aromatic N) is 1. The topological polar surface area (TPSA) is 82.6 Å². The number of pyridine rings is 1. The molecule has 6 heteroatoms. The van der Waals surface area contributed by atoms with Crippen molar-refractivity contribution in [3.63, 3.8) is 0 Å². The number of piperidine rings is 1. The van der Waals surface area contributed by atoms with Crippen molar-refractivity contribution >= 4 is 5.91 Å². The van der Waals surface area contributed by atoms with Crippen molar-refractivity contribution < 1.29 is 14.6 Å². The van der Waals surface area contributed by atoms with Gasteiger partial charge in [0.2, 0.25) is 11.3 Å². The van der Waals surface area contributed by atoms with Gasteiger partial charge in [-0.2, -0.15) is 0 Å². The minimum Gasteiger partial charge on any atom is -0.487 e. The van der Waals surface area contributed by atoms with E-state index in [1.807, 2.05) is 4.90 Å². The molecular formula is C14H20N2O4. The number of carbonyl (C=O) groups is 1. The maximum atomic E-state index is 11.9. The largest absolute Gasteiger partial charge is 0.487 e. The maximum absolute atomic E-state index is 11.9. The van der Waals surface area contributed by atoms with E-state index in [0.717, 1.165) is 25.9 Å². The predicted octanol–water partition coefficient (Wildman–Crippen LogP) is 0.649. The summed E-state index contributed by atoms with van der Waals surface area (Å²) in [6.45, 7) is 1.62. The van der Waals surface area contributed by atoms with Crippen LogP contribution in [0.25, 0.3) is 0 Å². The molecule has 1 aliphatic heterocycles. The van der Waals surface area contributed by atoms with Crippen molar-refractivity contribution in [1.82, 2.24) is 9.88 Å². The van der Waals surface area contributed by atoms with Crippen molar-refractivity contribution in [2.24, 2.45) is 0 Å². The Kier molecular flexibility index (Phi) is 5.17. The number of carbonyl (C=O) groups excluding carboxylic acids is 1. The average molecular weight is 280 g/mol. The van der Waals surface area contributed by atoms with Crippen LogP contribution in [-0.4, -0.2) is 40.6 Å². The molecule has 0 atom stereocenters. The molecule has 1 amide bonds. The van der Waals surface area contributed by atoms with Crippen LogP contribution in [0.3, 0.4) is 0 Å². The van der Waals surface area contributed by atoms with Gasteiger partial charge in [-0.05, 0) is 19.3 Å². The minimum atomic E-state index is -0.293. The second-order valence-electron chi connectivity index (χ2n) is 4.88. The van der Waals surface area contributed by atoms with Crippen LogP contribution in [0.15, 0.2) is 17.1 Å². The molecule has 2 rings (SSSR count). The zero-order valence-electron chi connectivity index (χ0n) is 11.4. The van der Waals surface area contributed by atoms with Gasteiger partial charge in [-0.25, -0.2) is 0 Å². The molecule has 1 aliphatic rings. The molecule has 110 valence electrons. The number of H-pyrrole nitrogens is 1. The van der Waals surface area contributed by atoms with Gasteiger partial charge in [0, 0.05) is 31.0 Å². The Bertz CT molecular complexity index is 506. The van der Waals surface area contributed by atoms with Gasteiger partial charge < -0.3 is 19.7 Å². The van der Waals surface area contributed by atoms with Gasteiger partial charge in [0.25, 0.3) is 0 Å². The lowest BCUT2D eigenvalue weighted by Crippen LogP contribution is -2.36. The Hall–Kier alpha value is -1.82. The quantitative estimate of drug-likeness (QED) is 0.829. The molecule has 0 saturated carbocycles. The Morgan fingerprint density at radius 3 is 2.75 bits per heavy atom. The van der Waals surface area contributed by atoms with E-state index in [2.05, 4.69) is 4.98 Å². The highest BCUT2D eigenvalue weighted by Crippen LogP contribution is 2.10. The van der Waals surface area contributed by atoms with Crippen LogP contribution in [0.5, 0.6) is 5.75 Å². The van der Waals surface area contributed by atoms with E-state index in [1.54, 1.807) is 0 Å². The summed E-state index contributed by atoms with van der Waals surface area (Å²) in [5.41, 5.74) is 0.143. The number of aromatic nitrogens is 1. The first-order valence-electron chi connectivity index (χ1n) is 6.94. The van der Waals surface area contributed by atoms with Crippen molar-refractivity contribution in [3.05, 3.63) is 28.2 Å². The molecule has 2 heterocycles. The first kappa shape index (κ1) is 14.6. The SMILES string of the molecule is O=C(CCOc1c[nH]c(CO)cc1=O)N1CCCCC1. The third kappa shape index (κ3) is 3.84. The lowest BCUT2D eigenvalue weighted by molar-refractivity contribution is -0.132. The number of hydrogen-bond acceptors (Lipinski definition) is 4. The number of ether oxygens (including phenoxy) is 1. The number of aliphatic hydroxyl groups excluding tert-OH is 1. The zero-order chi connectivity index (χ0) is 14.4. The summed E-state index contributed by atoms with van der Waals surface area (Å²) >= 11 is 0. The first-order valence-corrected chi connectivity index (χ1v) is 6.94. The summed E-state index contributed by atoms with van der Waals surface area (Å²) in [6, 6.07) is 1.29. The summed E-state index contributed by atoms with van der Waals surface area (Å²) in [5.74, 6) is 0.252. The van der Waals surface area contributed by atoms with Crippen molar-refractivity contribution in [3.8, 4) is 5.75 Å². The molecule has 2 N–H and O–H groups in total. The number of aromatic amines is 1. The standard InChI is InChI=1S/C14H20N2O4/c17-10-11-8-12(18)13(9-15-11)20-7-4-14(19)16-5-2-1-3-6-16/h8-9,17H,1-7,10H2,(H,15,18). The summed E-state index contributed by atoms with van der Waals surface area (Å²) in [4.78, 5) is 28.1. The third-order valence-corrected chi connectivity index (χ3v) is 3.39. The molecule has 1 aromatic heterocycles. The monoisotopic (exact) mass is 280 g/mol. The Balaban J connectivity index is 1.80. The zero-order valence-corrected chi connectivity index (χ0v) is 11.4. The molecule has 1 saturated heterocycles. The number of aliphatic hydroxyl groups is 1. The molecule has 0 bridgehead atoms. The first-order chi connectivity index (χ1) is 9.70. The average Bonchev–Trinajstić information content (AvgIpc) is 2.49. The van der Waals surface area contributed by atoms with Crippen LogP contribution in [0, 0.1) is 0 Å². The third-order valence-electron chi connectivity index (χ3n) is 3.39. The van der Waals surface area contributed by atoms with E-state index in [1.165, 1.54) is 18.7 Å². The fourth-order valence-electron chi connectivity index (χ4n) is 2.25. The number of hydrogen-bond donors (Lipinski definition) is 2. The fraction of sp³-hybridized carbons (Fsp3) is 0.571. The van der Waals surface area contributed by atoms with Gasteiger partial charge in [-0.3, -0.25) is 9.59 Å². The highest BCUT2D eigenvalue weighted by Gasteiger charge is 2.16. The Labute approximate surface area is 117 Å². The van der Waals surface area contributed by atoms with E-state index in [4.69, 9.17) is 9.84 Å². The summed E-state index contributed by atoms with van der Waals surface area (Å²) in [6.07, 6.45) is 5.01. The Morgan fingerprint density at radius 2 is 2.10 bits per heavy atom. The molecule has 1 fully saturated rings. The van der Waals surface area contributed by atoms with E-state index in [-0.39, 0.29) is 36.7 Å².